The van der Waals surface area contributed by atoms with Crippen LogP contribution in [-0.4, -0.2) is 90.9 Å². The molecule has 12 fully saturated rings. The summed E-state index contributed by atoms with van der Waals surface area (Å²) in [5.74, 6) is 1.12. The number of halogens is 1. The summed E-state index contributed by atoms with van der Waals surface area (Å²) in [4.78, 5) is 24.0. The molecule has 0 radical (unpaired) electrons. The average molecular weight is 981 g/mol. The van der Waals surface area contributed by atoms with Crippen LogP contribution in [0.25, 0.3) is 21.9 Å². The lowest BCUT2D eigenvalue weighted by Crippen LogP contribution is -2.65. The molecule has 2 aromatic carbocycles. The number of carboxylic acid groups (broad SMARTS) is 1. The molecule has 1 amide bonds. The van der Waals surface area contributed by atoms with Gasteiger partial charge in [0.15, 0.2) is 0 Å². The Morgan fingerprint density at radius 3 is 1.63 bits per heavy atom. The van der Waals surface area contributed by atoms with Gasteiger partial charge in [0.05, 0.1) is 78.1 Å². The predicted molar refractivity (Wildman–Crippen MR) is 267 cm³/mol. The van der Waals surface area contributed by atoms with Gasteiger partial charge in [-0.3, -0.25) is 9.59 Å². The molecule has 6 aliphatic carbocycles. The van der Waals surface area contributed by atoms with E-state index in [4.69, 9.17) is 47.8 Å². The molecule has 6 saturated heterocycles. The maximum atomic E-state index is 13.4. The molecule has 16 heteroatoms. The minimum Gasteiger partial charge on any atom is -0.481 e. The summed E-state index contributed by atoms with van der Waals surface area (Å²) in [7, 11) is -0.805. The van der Waals surface area contributed by atoms with Crippen LogP contribution in [0.3, 0.4) is 0 Å². The maximum absolute atomic E-state index is 13.4. The molecule has 8 heterocycles. The zero-order chi connectivity index (χ0) is 47.8. The number of para-hydroxylation sites is 2. The second-order valence-corrected chi connectivity index (χ2v) is 24.1. The van der Waals surface area contributed by atoms with Crippen molar-refractivity contribution in [2.24, 2.45) is 52.1 Å². The number of carbonyl (C=O) groups excluding carboxylic acids is 1. The van der Waals surface area contributed by atoms with Crippen molar-refractivity contribution in [1.82, 2.24) is 5.32 Å². The summed E-state index contributed by atoms with van der Waals surface area (Å²) in [5, 5.41) is 14.2. The van der Waals surface area contributed by atoms with E-state index in [0.29, 0.717) is 36.0 Å². The van der Waals surface area contributed by atoms with Gasteiger partial charge in [-0.1, -0.05) is 64.1 Å². The topological polar surface area (TPSA) is 174 Å². The first-order valence-electron chi connectivity index (χ1n) is 26.2. The number of carbonyl (C=O) groups is 2. The second-order valence-electron chi connectivity index (χ2n) is 24.1. The minimum absolute atomic E-state index is 0. The van der Waals surface area contributed by atoms with Gasteiger partial charge in [-0.15, -0.1) is 12.4 Å². The Morgan fingerprint density at radius 1 is 0.671 bits per heavy atom. The number of amides is 1. The summed E-state index contributed by atoms with van der Waals surface area (Å²) in [5.41, 5.74) is 10.6. The number of hydrogen-bond donors (Lipinski definition) is 3. The van der Waals surface area contributed by atoms with Crippen molar-refractivity contribution in [1.29, 1.82) is 0 Å². The monoisotopic (exact) mass is 980 g/mol. The lowest BCUT2D eigenvalue weighted by atomic mass is 9.43. The van der Waals surface area contributed by atoms with Crippen LogP contribution in [0, 0.1) is 46.3 Å². The van der Waals surface area contributed by atoms with Crippen LogP contribution < -0.4 is 11.1 Å². The first-order chi connectivity index (χ1) is 33.0. The highest BCUT2D eigenvalue weighted by molar-refractivity contribution is 6.48. The molecule has 0 spiro atoms. The molecule has 4 N–H and O–H groups in total. The third kappa shape index (κ3) is 8.01. The Hall–Kier alpha value is -3.40. The van der Waals surface area contributed by atoms with E-state index < -0.39 is 13.1 Å². The Morgan fingerprint density at radius 2 is 1.16 bits per heavy atom. The summed E-state index contributed by atoms with van der Waals surface area (Å²) in [6.45, 7) is 14.0. The molecule has 6 aliphatic heterocycles. The van der Waals surface area contributed by atoms with Gasteiger partial charge in [0.2, 0.25) is 5.91 Å². The van der Waals surface area contributed by atoms with E-state index in [1.165, 1.54) is 12.8 Å². The van der Waals surface area contributed by atoms with Crippen LogP contribution in [0.4, 0.5) is 0 Å². The molecule has 12 aliphatic rings. The van der Waals surface area contributed by atoms with Gasteiger partial charge in [-0.2, -0.15) is 0 Å². The van der Waals surface area contributed by atoms with Gasteiger partial charge in [-0.05, 0) is 149 Å². The molecule has 4 aromatic rings. The molecular weight excluding hydrogens is 910 g/mol. The van der Waals surface area contributed by atoms with Crippen molar-refractivity contribution in [3.8, 4) is 0 Å². The summed E-state index contributed by atoms with van der Waals surface area (Å²) >= 11 is 0. The number of rotatable bonds is 9. The highest BCUT2D eigenvalue weighted by Gasteiger charge is 2.70. The molecule has 16 rings (SSSR count). The third-order valence-electron chi connectivity index (χ3n) is 19.8. The molecule has 0 unspecified atom stereocenters. The molecule has 70 heavy (non-hydrogen) atoms. The Bertz CT molecular complexity index is 2610. The van der Waals surface area contributed by atoms with E-state index in [9.17, 15) is 9.59 Å². The van der Waals surface area contributed by atoms with E-state index in [-0.39, 0.29) is 102 Å². The first kappa shape index (κ1) is 48.8. The van der Waals surface area contributed by atoms with Crippen molar-refractivity contribution in [2.75, 3.05) is 0 Å². The van der Waals surface area contributed by atoms with Crippen LogP contribution in [-0.2, 0) is 50.5 Å². The van der Waals surface area contributed by atoms with Crippen LogP contribution in [0.15, 0.2) is 69.9 Å². The number of aliphatic carboxylic acids is 1. The zero-order valence-corrected chi connectivity index (χ0v) is 42.3. The largest absolute Gasteiger partial charge is 0.482 e. The van der Waals surface area contributed by atoms with E-state index in [1.807, 2.05) is 48.9 Å². The van der Waals surface area contributed by atoms with Gasteiger partial charge >= 0.3 is 20.2 Å². The van der Waals surface area contributed by atoms with Crippen LogP contribution in [0.1, 0.15) is 117 Å². The zero-order valence-electron chi connectivity index (χ0n) is 41.5. The molecular formula is C54H71B2ClN2O11. The van der Waals surface area contributed by atoms with E-state index >= 15 is 0 Å². The smallest absolute Gasteiger partial charge is 0.481 e. The molecule has 2 aromatic heterocycles. The Balaban J connectivity index is 0.000000129. The van der Waals surface area contributed by atoms with Crippen LogP contribution in [0.2, 0.25) is 0 Å². The average Bonchev–Trinajstić information content (AvgIpc) is 4.20. The SMILES string of the molecule is CC1(C)[C@@H]2C[C@H]3OB([C@@H](N)Cc4coc5ccccc45)O[C@@]3(C)[C@H]1C2.CC1(C)[C@@H]2C[C@H]3OB([C@H](Cc4coc5ccccc45)NC(=O)[C@@H]4C[C@H]5CC[C@@H]4O5)O[C@@]3(C)[C@H]1C2.Cl.O=C(O)[C@@H]1C[C@H]2CC[C@@H]1O2. The Labute approximate surface area is 418 Å². The van der Waals surface area contributed by atoms with Gasteiger partial charge in [-0.25, -0.2) is 0 Å². The summed E-state index contributed by atoms with van der Waals surface area (Å²) in [6, 6.07) is 16.1. The quantitative estimate of drug-likeness (QED) is 0.136. The van der Waals surface area contributed by atoms with Crippen molar-refractivity contribution < 1.29 is 51.6 Å². The fraction of sp³-hybridized carbons (Fsp3) is 0.667. The van der Waals surface area contributed by atoms with E-state index in [0.717, 1.165) is 90.3 Å². The summed E-state index contributed by atoms with van der Waals surface area (Å²) < 4.78 is 49.0. The highest BCUT2D eigenvalue weighted by Crippen LogP contribution is 2.67. The standard InChI is InChI=1S/C27H34BNO5.C20H26BNO3.C7H10O3.ClH/c1-26(2)16-11-22(26)27(3)23(12-16)33-28(34-27)24(10-15-14-31-20-7-5-4-6-18(15)20)29-25(30)19-13-17-8-9-21(19)32-17;1-19(2)13-9-16(19)20(3)17(10-13)24-21(25-20)18(22)8-12-11-23-15-7-5-4-6-14(12)15;8-7(9)5-3-4-1-2-6(5)10-4;/h4-7,14,16-17,19,21-24H,8-13H2,1-3H3,(H,29,30);4-7,11,13,16-18H,8-10,22H2,1-3H3;4-6H,1-3H2,(H,8,9);1H/t16-,17+,19+,21-,22-,23+,24-,27-;13-,16-,17+,18-,20-;4-,5-,6+;/m001./s1. The normalized spacial score (nSPS) is 39.1. The van der Waals surface area contributed by atoms with Gasteiger partial charge in [0, 0.05) is 16.7 Å². The number of carboxylic acids is 1. The molecule has 8 bridgehead atoms. The summed E-state index contributed by atoms with van der Waals surface area (Å²) in [6.07, 6.45) is 16.0. The van der Waals surface area contributed by atoms with Gasteiger partial charge < -0.3 is 53.1 Å². The van der Waals surface area contributed by atoms with Crippen molar-refractivity contribution in [3.05, 3.63) is 72.2 Å². The van der Waals surface area contributed by atoms with Gasteiger partial charge in [0.25, 0.3) is 0 Å². The van der Waals surface area contributed by atoms with Crippen LogP contribution >= 0.6 is 12.4 Å². The van der Waals surface area contributed by atoms with E-state index in [2.05, 4.69) is 59.0 Å². The lowest BCUT2D eigenvalue weighted by molar-refractivity contribution is -0.199. The Kier molecular flexibility index (Phi) is 12.5. The van der Waals surface area contributed by atoms with Crippen molar-refractivity contribution in [2.45, 2.75) is 178 Å². The number of nitrogens with one attached hydrogen (secondary N) is 1. The number of furan rings is 2. The van der Waals surface area contributed by atoms with E-state index in [1.54, 1.807) is 0 Å². The van der Waals surface area contributed by atoms with Gasteiger partial charge in [0.1, 0.15) is 11.2 Å². The van der Waals surface area contributed by atoms with Crippen molar-refractivity contribution >= 4 is 60.5 Å². The third-order valence-corrected chi connectivity index (χ3v) is 19.8. The molecule has 13 nitrogen and oxygen atoms in total. The van der Waals surface area contributed by atoms with Crippen LogP contribution in [0.5, 0.6) is 0 Å². The number of hydrogen-bond acceptors (Lipinski definition) is 11. The number of nitrogens with two attached hydrogens (primary N) is 1. The molecule has 376 valence electrons. The molecule has 16 atom stereocenters. The number of ether oxygens (including phenoxy) is 2. The number of fused-ring (bicyclic) bond motifs is 6. The second kappa shape index (κ2) is 17.9. The number of benzene rings is 2. The molecule has 6 saturated carbocycles. The minimum atomic E-state index is -0.688. The fourth-order valence-electron chi connectivity index (χ4n) is 15.4. The maximum Gasteiger partial charge on any atom is 0.482 e. The first-order valence-corrected chi connectivity index (χ1v) is 26.2. The lowest BCUT2D eigenvalue weighted by Gasteiger charge is -2.64. The fourth-order valence-corrected chi connectivity index (χ4v) is 15.4. The highest BCUT2D eigenvalue weighted by atomic mass is 35.5. The predicted octanol–water partition coefficient (Wildman–Crippen LogP) is 8.93. The van der Waals surface area contributed by atoms with Crippen molar-refractivity contribution in [3.63, 3.8) is 0 Å².